The quantitative estimate of drug-likeness (QED) is 0.394. The summed E-state index contributed by atoms with van der Waals surface area (Å²) in [5.74, 6) is 1.45. The number of hydrogen-bond acceptors (Lipinski definition) is 4. The van der Waals surface area contributed by atoms with Crippen LogP contribution in [0.5, 0.6) is 11.5 Å². The van der Waals surface area contributed by atoms with Crippen molar-refractivity contribution < 1.29 is 9.53 Å². The molecule has 2 amide bonds. The van der Waals surface area contributed by atoms with E-state index in [2.05, 4.69) is 68.7 Å². The average molecular weight is 453 g/mol. The highest BCUT2D eigenvalue weighted by Gasteiger charge is 2.32. The van der Waals surface area contributed by atoms with Gasteiger partial charge in [-0.05, 0) is 65.3 Å². The average Bonchev–Trinajstić information content (AvgIpc) is 2.84. The minimum Gasteiger partial charge on any atom is -0.453 e. The third-order valence-electron chi connectivity index (χ3n) is 6.47. The Morgan fingerprint density at radius 2 is 1.24 bits per heavy atom. The minimum atomic E-state index is 0.00271. The van der Waals surface area contributed by atoms with Gasteiger partial charge in [0, 0.05) is 62.8 Å². The first-order valence-corrected chi connectivity index (χ1v) is 12.6. The van der Waals surface area contributed by atoms with Gasteiger partial charge >= 0.3 is 6.03 Å². The number of ether oxygens (including phenoxy) is 1. The highest BCUT2D eigenvalue weighted by molar-refractivity contribution is 6.04. The molecule has 0 saturated heterocycles. The number of carbonyl (C=O) groups excluding carboxylic acids is 1. The Hall–Kier alpha value is -2.89. The van der Waals surface area contributed by atoms with Gasteiger partial charge in [0.1, 0.15) is 0 Å². The molecule has 6 nitrogen and oxygen atoms in total. The van der Waals surface area contributed by atoms with Crippen molar-refractivity contribution in [3.05, 3.63) is 36.4 Å². The molecular weight excluding hydrogens is 412 g/mol. The number of urea groups is 1. The molecule has 0 spiro atoms. The second-order valence-corrected chi connectivity index (χ2v) is 8.30. The van der Waals surface area contributed by atoms with E-state index in [1.807, 2.05) is 28.9 Å². The first-order valence-electron chi connectivity index (χ1n) is 12.6. The topological polar surface area (TPSA) is 39.3 Å². The third kappa shape index (κ3) is 5.05. The molecule has 33 heavy (non-hydrogen) atoms. The molecule has 0 bridgehead atoms. The molecule has 1 heterocycles. The number of amides is 2. The number of hydrogen-bond donors (Lipinski definition) is 0. The predicted octanol–water partition coefficient (Wildman–Crippen LogP) is 6.86. The lowest BCUT2D eigenvalue weighted by atomic mass is 10.1. The van der Waals surface area contributed by atoms with Crippen LogP contribution in [0.4, 0.5) is 27.5 Å². The monoisotopic (exact) mass is 452 g/mol. The summed E-state index contributed by atoms with van der Waals surface area (Å²) < 4.78 is 6.45. The summed E-state index contributed by atoms with van der Waals surface area (Å²) in [6, 6.07) is 12.4. The van der Waals surface area contributed by atoms with Crippen molar-refractivity contribution in [2.24, 2.45) is 0 Å². The zero-order valence-electron chi connectivity index (χ0n) is 21.2. The summed E-state index contributed by atoms with van der Waals surface area (Å²) in [6.07, 6.45) is 2.05. The second-order valence-electron chi connectivity index (χ2n) is 8.30. The van der Waals surface area contributed by atoms with Gasteiger partial charge in [0.25, 0.3) is 0 Å². The van der Waals surface area contributed by atoms with Crippen molar-refractivity contribution in [3.8, 4) is 11.5 Å². The highest BCUT2D eigenvalue weighted by atomic mass is 16.5. The molecule has 1 aliphatic heterocycles. The zero-order chi connectivity index (χ0) is 24.0. The third-order valence-corrected chi connectivity index (χ3v) is 6.47. The Balaban J connectivity index is 2.10. The second kappa shape index (κ2) is 11.3. The minimum absolute atomic E-state index is 0.00271. The van der Waals surface area contributed by atoms with E-state index >= 15 is 0 Å². The molecule has 0 aliphatic carbocycles. The van der Waals surface area contributed by atoms with Crippen molar-refractivity contribution in [1.82, 2.24) is 4.90 Å². The van der Waals surface area contributed by atoms with E-state index in [4.69, 9.17) is 4.74 Å². The molecule has 0 saturated carbocycles. The number of anilines is 4. The summed E-state index contributed by atoms with van der Waals surface area (Å²) in [7, 11) is 0. The molecule has 0 N–H and O–H groups in total. The molecular formula is C27H40N4O2. The molecule has 6 heteroatoms. The van der Waals surface area contributed by atoms with E-state index in [-0.39, 0.29) is 6.03 Å². The Labute approximate surface area is 199 Å². The molecule has 0 unspecified atom stereocenters. The molecule has 0 radical (unpaired) electrons. The predicted molar refractivity (Wildman–Crippen MR) is 140 cm³/mol. The van der Waals surface area contributed by atoms with Gasteiger partial charge in [-0.1, -0.05) is 13.3 Å². The van der Waals surface area contributed by atoms with Crippen molar-refractivity contribution in [1.29, 1.82) is 0 Å². The van der Waals surface area contributed by atoms with Crippen LogP contribution in [0, 0.1) is 0 Å². The van der Waals surface area contributed by atoms with Gasteiger partial charge in [-0.3, -0.25) is 4.90 Å². The number of benzene rings is 2. The van der Waals surface area contributed by atoms with Crippen LogP contribution in [0.3, 0.4) is 0 Å². The van der Waals surface area contributed by atoms with Gasteiger partial charge in [-0.25, -0.2) is 4.79 Å². The summed E-state index contributed by atoms with van der Waals surface area (Å²) in [6.45, 7) is 17.9. The zero-order valence-corrected chi connectivity index (χ0v) is 21.2. The normalized spacial score (nSPS) is 12.0. The first kappa shape index (κ1) is 24.7. The van der Waals surface area contributed by atoms with Gasteiger partial charge < -0.3 is 19.4 Å². The smallest absolute Gasteiger partial charge is 0.329 e. The van der Waals surface area contributed by atoms with Gasteiger partial charge in [-0.15, -0.1) is 0 Å². The fourth-order valence-electron chi connectivity index (χ4n) is 4.44. The number of rotatable bonds is 10. The maximum atomic E-state index is 13.8. The van der Waals surface area contributed by atoms with Crippen molar-refractivity contribution >= 4 is 28.8 Å². The van der Waals surface area contributed by atoms with Gasteiger partial charge in [0.2, 0.25) is 0 Å². The largest absolute Gasteiger partial charge is 0.453 e. The van der Waals surface area contributed by atoms with Gasteiger partial charge in [-0.2, -0.15) is 0 Å². The molecule has 0 aromatic heterocycles. The van der Waals surface area contributed by atoms with Crippen LogP contribution in [0.2, 0.25) is 0 Å². The van der Waals surface area contributed by atoms with Gasteiger partial charge in [0.05, 0.1) is 11.4 Å². The lowest BCUT2D eigenvalue weighted by Crippen LogP contribution is -2.42. The molecule has 3 rings (SSSR count). The molecule has 2 aromatic rings. The summed E-state index contributed by atoms with van der Waals surface area (Å²) in [5.41, 5.74) is 3.81. The van der Waals surface area contributed by atoms with Crippen LogP contribution in [0.15, 0.2) is 36.4 Å². The SMILES string of the molecule is CCCCN(CC)C(=O)N1c2ccc(N(CC)CC)cc2Oc2cc(N(CC)CC)ccc21. The first-order chi connectivity index (χ1) is 16.0. The van der Waals surface area contributed by atoms with E-state index in [0.717, 1.165) is 79.8 Å². The van der Waals surface area contributed by atoms with Crippen molar-refractivity contribution in [2.75, 3.05) is 54.0 Å². The molecule has 1 aliphatic rings. The molecule has 0 atom stereocenters. The highest BCUT2D eigenvalue weighted by Crippen LogP contribution is 2.49. The van der Waals surface area contributed by atoms with Gasteiger partial charge in [0.15, 0.2) is 11.5 Å². The van der Waals surface area contributed by atoms with Crippen molar-refractivity contribution in [2.45, 2.75) is 54.4 Å². The van der Waals surface area contributed by atoms with Crippen LogP contribution < -0.4 is 19.4 Å². The maximum Gasteiger partial charge on any atom is 0.329 e. The van der Waals surface area contributed by atoms with E-state index in [1.165, 1.54) is 0 Å². The number of unbranched alkanes of at least 4 members (excludes halogenated alkanes) is 1. The molecule has 180 valence electrons. The Bertz CT molecular complexity index is 876. The lowest BCUT2D eigenvalue weighted by molar-refractivity contribution is 0.208. The van der Waals surface area contributed by atoms with Crippen molar-refractivity contribution in [3.63, 3.8) is 0 Å². The van der Waals surface area contributed by atoms with E-state index < -0.39 is 0 Å². The fraction of sp³-hybridized carbons (Fsp3) is 0.519. The number of fused-ring (bicyclic) bond motifs is 2. The summed E-state index contributed by atoms with van der Waals surface area (Å²) in [5, 5.41) is 0. The summed E-state index contributed by atoms with van der Waals surface area (Å²) in [4.78, 5) is 22.1. The Morgan fingerprint density at radius 3 is 1.64 bits per heavy atom. The fourth-order valence-corrected chi connectivity index (χ4v) is 4.44. The van der Waals surface area contributed by atoms with Crippen LogP contribution in [0.25, 0.3) is 0 Å². The summed E-state index contributed by atoms with van der Waals surface area (Å²) >= 11 is 0. The molecule has 0 fully saturated rings. The lowest BCUT2D eigenvalue weighted by Gasteiger charge is -2.36. The Morgan fingerprint density at radius 1 is 0.758 bits per heavy atom. The van der Waals surface area contributed by atoms with E-state index in [9.17, 15) is 4.79 Å². The molecule has 2 aromatic carbocycles. The standard InChI is InChI=1S/C27H40N4O2/c1-7-13-18-30(12-6)27(32)31-23-16-14-21(28(8-2)9-3)19-25(23)33-26-20-22(15-17-24(26)31)29(10-4)11-5/h14-17,19-20H,7-13,18H2,1-6H3. The van der Waals surface area contributed by atoms with E-state index in [1.54, 1.807) is 0 Å². The Kier molecular flexibility index (Phi) is 8.48. The van der Waals surface area contributed by atoms with Crippen LogP contribution in [0.1, 0.15) is 54.4 Å². The van der Waals surface area contributed by atoms with Crippen LogP contribution in [-0.4, -0.2) is 50.2 Å². The number of nitrogens with zero attached hydrogens (tertiary/aromatic N) is 4. The maximum absolute atomic E-state index is 13.8. The number of carbonyl (C=O) groups is 1. The van der Waals surface area contributed by atoms with Crippen LogP contribution >= 0.6 is 0 Å². The van der Waals surface area contributed by atoms with Crippen LogP contribution in [-0.2, 0) is 0 Å². The van der Waals surface area contributed by atoms with E-state index in [0.29, 0.717) is 6.54 Å².